The van der Waals surface area contributed by atoms with Crippen molar-refractivity contribution in [3.8, 4) is 5.75 Å². The van der Waals surface area contributed by atoms with Crippen LogP contribution in [0.2, 0.25) is 0 Å². The maximum atomic E-state index is 13.6. The first-order chi connectivity index (χ1) is 14.2. The predicted molar refractivity (Wildman–Crippen MR) is 99.8 cm³/mol. The number of halogens is 5. The van der Waals surface area contributed by atoms with Gasteiger partial charge in [-0.1, -0.05) is 12.1 Å². The number of alkyl halides is 3. The highest BCUT2D eigenvalue weighted by atomic mass is 19.4. The molecule has 1 saturated heterocycles. The van der Waals surface area contributed by atoms with Crippen LogP contribution in [0.1, 0.15) is 5.56 Å². The Kier molecular flexibility index (Phi) is 6.88. The smallest absolute Gasteiger partial charge is 0.406 e. The fourth-order valence-corrected chi connectivity index (χ4v) is 3.15. The van der Waals surface area contributed by atoms with E-state index < -0.39 is 23.9 Å². The molecule has 162 valence electrons. The van der Waals surface area contributed by atoms with Crippen LogP contribution >= 0.6 is 0 Å². The summed E-state index contributed by atoms with van der Waals surface area (Å²) in [4.78, 5) is 16.1. The predicted octanol–water partition coefficient (Wildman–Crippen LogP) is 3.62. The van der Waals surface area contributed by atoms with Gasteiger partial charge in [0, 0.05) is 38.8 Å². The molecule has 1 N–H and O–H groups in total. The van der Waals surface area contributed by atoms with Crippen LogP contribution in [0.5, 0.6) is 5.75 Å². The highest BCUT2D eigenvalue weighted by molar-refractivity contribution is 5.92. The van der Waals surface area contributed by atoms with E-state index in [2.05, 4.69) is 15.0 Å². The van der Waals surface area contributed by atoms with Crippen molar-refractivity contribution >= 4 is 11.6 Å². The molecule has 0 saturated carbocycles. The minimum absolute atomic E-state index is 0.0489. The summed E-state index contributed by atoms with van der Waals surface area (Å²) in [5, 5.41) is 2.37. The van der Waals surface area contributed by atoms with Gasteiger partial charge in [-0.2, -0.15) is 0 Å². The van der Waals surface area contributed by atoms with Gasteiger partial charge in [-0.15, -0.1) is 13.2 Å². The number of carbonyl (C=O) groups excluding carboxylic acids is 1. The molecule has 0 aliphatic carbocycles. The van der Waals surface area contributed by atoms with E-state index in [1.54, 1.807) is 12.1 Å². The standard InChI is InChI=1S/C20H20F5N3O2/c21-15-3-6-17(22)18(11-15)26-19(29)13-28-9-7-27(8-10-28)12-14-1-4-16(5-2-14)30-20(23,24)25/h1-6,11H,7-10,12-13H2,(H,26,29). The normalized spacial score (nSPS) is 15.8. The number of rotatable bonds is 6. The van der Waals surface area contributed by atoms with E-state index in [1.165, 1.54) is 12.1 Å². The monoisotopic (exact) mass is 429 g/mol. The third kappa shape index (κ3) is 6.67. The molecule has 1 aliphatic rings. The molecule has 2 aromatic carbocycles. The zero-order chi connectivity index (χ0) is 21.7. The second kappa shape index (κ2) is 9.40. The number of piperazine rings is 1. The van der Waals surface area contributed by atoms with Crippen LogP contribution in [-0.4, -0.2) is 54.8 Å². The van der Waals surface area contributed by atoms with Crippen molar-refractivity contribution in [2.45, 2.75) is 12.9 Å². The minimum atomic E-state index is -4.72. The molecular formula is C20H20F5N3O2. The van der Waals surface area contributed by atoms with Gasteiger partial charge in [0.15, 0.2) is 0 Å². The Labute approximate surface area is 170 Å². The van der Waals surface area contributed by atoms with Crippen LogP contribution in [0.3, 0.4) is 0 Å². The van der Waals surface area contributed by atoms with Gasteiger partial charge in [0.05, 0.1) is 12.2 Å². The third-order valence-electron chi connectivity index (χ3n) is 4.60. The molecule has 0 bridgehead atoms. The van der Waals surface area contributed by atoms with Gasteiger partial charge in [0.1, 0.15) is 17.4 Å². The summed E-state index contributed by atoms with van der Waals surface area (Å²) < 4.78 is 67.2. The molecule has 1 aliphatic heterocycles. The Balaban J connectivity index is 1.43. The molecule has 2 aromatic rings. The topological polar surface area (TPSA) is 44.8 Å². The fourth-order valence-electron chi connectivity index (χ4n) is 3.15. The van der Waals surface area contributed by atoms with Crippen molar-refractivity contribution in [1.82, 2.24) is 9.80 Å². The quantitative estimate of drug-likeness (QED) is 0.713. The number of amides is 1. The summed E-state index contributed by atoms with van der Waals surface area (Å²) in [6.07, 6.45) is -4.72. The molecule has 0 radical (unpaired) electrons. The maximum Gasteiger partial charge on any atom is 0.573 e. The first kappa shape index (κ1) is 22.0. The number of hydrogen-bond donors (Lipinski definition) is 1. The van der Waals surface area contributed by atoms with Crippen molar-refractivity contribution in [1.29, 1.82) is 0 Å². The molecule has 3 rings (SSSR count). The third-order valence-corrected chi connectivity index (χ3v) is 4.60. The number of ether oxygens (including phenoxy) is 1. The molecule has 1 fully saturated rings. The summed E-state index contributed by atoms with van der Waals surface area (Å²) in [6, 6.07) is 8.55. The summed E-state index contributed by atoms with van der Waals surface area (Å²) in [5.41, 5.74) is 0.647. The van der Waals surface area contributed by atoms with Gasteiger partial charge in [-0.3, -0.25) is 14.6 Å². The molecule has 10 heteroatoms. The van der Waals surface area contributed by atoms with Crippen LogP contribution in [0.15, 0.2) is 42.5 Å². The van der Waals surface area contributed by atoms with Gasteiger partial charge < -0.3 is 10.1 Å². The largest absolute Gasteiger partial charge is 0.573 e. The van der Waals surface area contributed by atoms with Crippen molar-refractivity contribution in [3.63, 3.8) is 0 Å². The second-order valence-corrected chi connectivity index (χ2v) is 6.92. The van der Waals surface area contributed by atoms with Crippen molar-refractivity contribution in [2.75, 3.05) is 38.0 Å². The van der Waals surface area contributed by atoms with Crippen LogP contribution in [0.4, 0.5) is 27.6 Å². The van der Waals surface area contributed by atoms with Crippen LogP contribution in [-0.2, 0) is 11.3 Å². The van der Waals surface area contributed by atoms with Crippen LogP contribution in [0.25, 0.3) is 0 Å². The highest BCUT2D eigenvalue weighted by Crippen LogP contribution is 2.23. The zero-order valence-electron chi connectivity index (χ0n) is 15.9. The van der Waals surface area contributed by atoms with Gasteiger partial charge in [-0.05, 0) is 29.8 Å². The molecule has 1 amide bonds. The lowest BCUT2D eigenvalue weighted by Gasteiger charge is -2.34. The van der Waals surface area contributed by atoms with E-state index in [4.69, 9.17) is 0 Å². The first-order valence-electron chi connectivity index (χ1n) is 9.22. The van der Waals surface area contributed by atoms with Gasteiger partial charge in [-0.25, -0.2) is 8.78 Å². The van der Waals surface area contributed by atoms with E-state index in [0.29, 0.717) is 32.7 Å². The zero-order valence-corrected chi connectivity index (χ0v) is 15.9. The molecule has 0 atom stereocenters. The van der Waals surface area contributed by atoms with Crippen molar-refractivity contribution in [3.05, 3.63) is 59.7 Å². The Bertz CT molecular complexity index is 866. The number of anilines is 1. The van der Waals surface area contributed by atoms with Gasteiger partial charge >= 0.3 is 6.36 Å². The van der Waals surface area contributed by atoms with E-state index in [1.807, 2.05) is 4.90 Å². The van der Waals surface area contributed by atoms with E-state index in [9.17, 15) is 26.7 Å². The molecule has 0 unspecified atom stereocenters. The van der Waals surface area contributed by atoms with Crippen LogP contribution in [0, 0.1) is 11.6 Å². The number of nitrogens with one attached hydrogen (secondary N) is 1. The minimum Gasteiger partial charge on any atom is -0.406 e. The molecule has 5 nitrogen and oxygen atoms in total. The Hall–Kier alpha value is -2.72. The highest BCUT2D eigenvalue weighted by Gasteiger charge is 2.31. The molecule has 0 spiro atoms. The number of nitrogens with zero attached hydrogens (tertiary/aromatic N) is 2. The summed E-state index contributed by atoms with van der Waals surface area (Å²) in [6.45, 7) is 3.10. The average molecular weight is 429 g/mol. The van der Waals surface area contributed by atoms with E-state index >= 15 is 0 Å². The Morgan fingerprint density at radius 2 is 1.60 bits per heavy atom. The average Bonchev–Trinajstić information content (AvgIpc) is 2.67. The molecule has 30 heavy (non-hydrogen) atoms. The molecule has 1 heterocycles. The summed E-state index contributed by atoms with van der Waals surface area (Å²) in [7, 11) is 0. The number of benzene rings is 2. The van der Waals surface area contributed by atoms with Crippen molar-refractivity contribution < 1.29 is 31.5 Å². The molecule has 0 aromatic heterocycles. The second-order valence-electron chi connectivity index (χ2n) is 6.92. The lowest BCUT2D eigenvalue weighted by atomic mass is 10.2. The lowest BCUT2D eigenvalue weighted by Crippen LogP contribution is -2.48. The lowest BCUT2D eigenvalue weighted by molar-refractivity contribution is -0.274. The van der Waals surface area contributed by atoms with Gasteiger partial charge in [0.2, 0.25) is 5.91 Å². The Morgan fingerprint density at radius 3 is 2.23 bits per heavy atom. The van der Waals surface area contributed by atoms with E-state index in [-0.39, 0.29) is 18.0 Å². The summed E-state index contributed by atoms with van der Waals surface area (Å²) in [5.74, 6) is -2.05. The summed E-state index contributed by atoms with van der Waals surface area (Å²) >= 11 is 0. The van der Waals surface area contributed by atoms with E-state index in [0.717, 1.165) is 23.8 Å². The first-order valence-corrected chi connectivity index (χ1v) is 9.22. The van der Waals surface area contributed by atoms with Crippen molar-refractivity contribution in [2.24, 2.45) is 0 Å². The van der Waals surface area contributed by atoms with Gasteiger partial charge in [0.25, 0.3) is 0 Å². The SMILES string of the molecule is O=C(CN1CCN(Cc2ccc(OC(F)(F)F)cc2)CC1)Nc1cc(F)ccc1F. The molecular weight excluding hydrogens is 409 g/mol. The Morgan fingerprint density at radius 1 is 0.967 bits per heavy atom. The number of carbonyl (C=O) groups is 1. The fraction of sp³-hybridized carbons (Fsp3) is 0.350. The number of hydrogen-bond acceptors (Lipinski definition) is 4. The van der Waals surface area contributed by atoms with Crippen LogP contribution < -0.4 is 10.1 Å². The maximum absolute atomic E-state index is 13.6.